The van der Waals surface area contributed by atoms with Gasteiger partial charge in [-0.05, 0) is 48.7 Å². The summed E-state index contributed by atoms with van der Waals surface area (Å²) < 4.78 is 6.62. The Morgan fingerprint density at radius 2 is 1.87 bits per heavy atom. The lowest BCUT2D eigenvalue weighted by Crippen LogP contribution is -2.49. The van der Waals surface area contributed by atoms with Gasteiger partial charge in [-0.2, -0.15) is 5.10 Å². The standard InChI is InChI=1S/C22H23ClN4O3S/c1-2-30-22(29)19-14-18(20-4-3-13-31-20)24-27(19)15-21(28)26-11-9-25(10-12-26)17-7-5-16(23)6-8-17/h3-8,13-14H,2,9-12,15H2,1H3. The van der Waals surface area contributed by atoms with Crippen molar-refractivity contribution in [3.63, 3.8) is 0 Å². The van der Waals surface area contributed by atoms with Gasteiger partial charge in [0.05, 0.1) is 11.5 Å². The van der Waals surface area contributed by atoms with E-state index in [4.69, 9.17) is 16.3 Å². The minimum atomic E-state index is -0.474. The minimum absolute atomic E-state index is 0.000464. The van der Waals surface area contributed by atoms with Crippen LogP contribution in [0.5, 0.6) is 0 Å². The van der Waals surface area contributed by atoms with Gasteiger partial charge in [-0.3, -0.25) is 4.79 Å². The Morgan fingerprint density at radius 3 is 2.52 bits per heavy atom. The number of hydrogen-bond donors (Lipinski definition) is 0. The fraction of sp³-hybridized carbons (Fsp3) is 0.318. The molecule has 1 fully saturated rings. The molecule has 1 aromatic carbocycles. The number of amides is 1. The second-order valence-electron chi connectivity index (χ2n) is 7.11. The number of esters is 1. The van der Waals surface area contributed by atoms with E-state index in [-0.39, 0.29) is 19.1 Å². The second kappa shape index (κ2) is 9.53. The van der Waals surface area contributed by atoms with Crippen LogP contribution >= 0.6 is 22.9 Å². The number of carbonyl (C=O) groups excluding carboxylic acids is 2. The fourth-order valence-corrected chi connectivity index (χ4v) is 4.35. The summed E-state index contributed by atoms with van der Waals surface area (Å²) in [5.41, 5.74) is 2.05. The third kappa shape index (κ3) is 4.91. The lowest BCUT2D eigenvalue weighted by Gasteiger charge is -2.36. The van der Waals surface area contributed by atoms with Crippen molar-refractivity contribution in [1.29, 1.82) is 0 Å². The zero-order valence-corrected chi connectivity index (χ0v) is 18.7. The van der Waals surface area contributed by atoms with Crippen LogP contribution in [0.1, 0.15) is 17.4 Å². The van der Waals surface area contributed by atoms with E-state index >= 15 is 0 Å². The van der Waals surface area contributed by atoms with E-state index in [1.807, 2.05) is 46.7 Å². The summed E-state index contributed by atoms with van der Waals surface area (Å²) in [4.78, 5) is 30.4. The van der Waals surface area contributed by atoms with Gasteiger partial charge in [0.15, 0.2) is 0 Å². The first-order valence-electron chi connectivity index (χ1n) is 10.1. The van der Waals surface area contributed by atoms with E-state index in [1.54, 1.807) is 13.0 Å². The molecule has 3 heterocycles. The molecule has 4 rings (SSSR count). The number of carbonyl (C=O) groups is 2. The molecular weight excluding hydrogens is 436 g/mol. The Labute approximate surface area is 189 Å². The number of thiophene rings is 1. The summed E-state index contributed by atoms with van der Waals surface area (Å²) in [5.74, 6) is -0.541. The molecule has 0 bridgehead atoms. The van der Waals surface area contributed by atoms with E-state index in [2.05, 4.69) is 10.00 Å². The van der Waals surface area contributed by atoms with Gasteiger partial charge in [-0.15, -0.1) is 11.3 Å². The lowest BCUT2D eigenvalue weighted by molar-refractivity contribution is -0.132. The molecule has 3 aromatic rings. The fourth-order valence-electron chi connectivity index (χ4n) is 3.55. The van der Waals surface area contributed by atoms with Crippen molar-refractivity contribution in [3.8, 4) is 10.6 Å². The highest BCUT2D eigenvalue weighted by molar-refractivity contribution is 7.13. The van der Waals surface area contributed by atoms with Crippen molar-refractivity contribution in [1.82, 2.24) is 14.7 Å². The Kier molecular flexibility index (Phi) is 6.58. The quantitative estimate of drug-likeness (QED) is 0.526. The minimum Gasteiger partial charge on any atom is -0.461 e. The first kappa shape index (κ1) is 21.4. The average Bonchev–Trinajstić information content (AvgIpc) is 3.45. The van der Waals surface area contributed by atoms with Crippen LogP contribution in [0.4, 0.5) is 5.69 Å². The number of piperazine rings is 1. The molecule has 0 radical (unpaired) electrons. The van der Waals surface area contributed by atoms with Crippen LogP contribution in [0.25, 0.3) is 10.6 Å². The number of anilines is 1. The molecule has 0 N–H and O–H groups in total. The molecule has 31 heavy (non-hydrogen) atoms. The Morgan fingerprint density at radius 1 is 1.13 bits per heavy atom. The molecule has 9 heteroatoms. The summed E-state index contributed by atoms with van der Waals surface area (Å²) in [6.45, 7) is 4.70. The van der Waals surface area contributed by atoms with Gasteiger partial charge in [0, 0.05) is 36.9 Å². The number of aromatic nitrogens is 2. The highest BCUT2D eigenvalue weighted by Gasteiger charge is 2.25. The molecule has 0 atom stereocenters. The second-order valence-corrected chi connectivity index (χ2v) is 8.50. The SMILES string of the molecule is CCOC(=O)c1cc(-c2cccs2)nn1CC(=O)N1CCN(c2ccc(Cl)cc2)CC1. The highest BCUT2D eigenvalue weighted by atomic mass is 35.5. The van der Waals surface area contributed by atoms with Crippen molar-refractivity contribution < 1.29 is 14.3 Å². The van der Waals surface area contributed by atoms with E-state index in [0.717, 1.165) is 23.7 Å². The Balaban J connectivity index is 1.44. The van der Waals surface area contributed by atoms with Crippen molar-refractivity contribution in [3.05, 3.63) is 58.6 Å². The maximum Gasteiger partial charge on any atom is 0.356 e. The van der Waals surface area contributed by atoms with Gasteiger partial charge in [0.1, 0.15) is 17.9 Å². The molecule has 0 spiro atoms. The molecule has 0 aliphatic carbocycles. The van der Waals surface area contributed by atoms with Gasteiger partial charge in [-0.1, -0.05) is 17.7 Å². The summed E-state index contributed by atoms with van der Waals surface area (Å²) in [6, 6.07) is 13.3. The van der Waals surface area contributed by atoms with Crippen LogP contribution < -0.4 is 4.90 Å². The number of ether oxygens (including phenoxy) is 1. The van der Waals surface area contributed by atoms with E-state index < -0.39 is 5.97 Å². The van der Waals surface area contributed by atoms with Crippen LogP contribution in [-0.2, 0) is 16.1 Å². The van der Waals surface area contributed by atoms with Crippen LogP contribution in [0.3, 0.4) is 0 Å². The third-order valence-electron chi connectivity index (χ3n) is 5.15. The molecule has 1 aliphatic heterocycles. The maximum absolute atomic E-state index is 13.0. The largest absolute Gasteiger partial charge is 0.461 e. The molecule has 0 unspecified atom stereocenters. The zero-order chi connectivity index (χ0) is 21.8. The monoisotopic (exact) mass is 458 g/mol. The van der Waals surface area contributed by atoms with Gasteiger partial charge >= 0.3 is 5.97 Å². The number of nitrogens with zero attached hydrogens (tertiary/aromatic N) is 4. The Hall–Kier alpha value is -2.84. The smallest absolute Gasteiger partial charge is 0.356 e. The van der Waals surface area contributed by atoms with Crippen molar-refractivity contribution >= 4 is 40.5 Å². The molecular formula is C22H23ClN4O3S. The van der Waals surface area contributed by atoms with Gasteiger partial charge < -0.3 is 14.5 Å². The van der Waals surface area contributed by atoms with Gasteiger partial charge in [0.25, 0.3) is 0 Å². The first-order chi connectivity index (χ1) is 15.0. The summed E-state index contributed by atoms with van der Waals surface area (Å²) in [7, 11) is 0. The van der Waals surface area contributed by atoms with Gasteiger partial charge in [0.2, 0.25) is 5.91 Å². The Bertz CT molecular complexity index is 1040. The van der Waals surface area contributed by atoms with Crippen molar-refractivity contribution in [2.45, 2.75) is 13.5 Å². The number of rotatable bonds is 6. The van der Waals surface area contributed by atoms with E-state index in [0.29, 0.717) is 29.5 Å². The van der Waals surface area contributed by atoms with Crippen LogP contribution in [0.15, 0.2) is 47.8 Å². The number of halogens is 1. The van der Waals surface area contributed by atoms with Crippen molar-refractivity contribution in [2.75, 3.05) is 37.7 Å². The number of benzene rings is 1. The summed E-state index contributed by atoms with van der Waals surface area (Å²) in [5, 5.41) is 7.17. The molecule has 1 amide bonds. The molecule has 0 saturated carbocycles. The molecule has 2 aromatic heterocycles. The molecule has 162 valence electrons. The van der Waals surface area contributed by atoms with Gasteiger partial charge in [-0.25, -0.2) is 9.48 Å². The lowest BCUT2D eigenvalue weighted by atomic mass is 10.2. The predicted octanol–water partition coefficient (Wildman–Crippen LogP) is 3.79. The summed E-state index contributed by atoms with van der Waals surface area (Å²) >= 11 is 7.50. The van der Waals surface area contributed by atoms with E-state index in [9.17, 15) is 9.59 Å². The predicted molar refractivity (Wildman–Crippen MR) is 122 cm³/mol. The zero-order valence-electron chi connectivity index (χ0n) is 17.2. The third-order valence-corrected chi connectivity index (χ3v) is 6.29. The van der Waals surface area contributed by atoms with Crippen LogP contribution in [0.2, 0.25) is 5.02 Å². The maximum atomic E-state index is 13.0. The van der Waals surface area contributed by atoms with E-state index in [1.165, 1.54) is 16.0 Å². The average molecular weight is 459 g/mol. The van der Waals surface area contributed by atoms with Crippen molar-refractivity contribution in [2.24, 2.45) is 0 Å². The molecule has 7 nitrogen and oxygen atoms in total. The molecule has 1 saturated heterocycles. The molecule has 1 aliphatic rings. The van der Waals surface area contributed by atoms with Crippen LogP contribution in [0, 0.1) is 0 Å². The topological polar surface area (TPSA) is 67.7 Å². The summed E-state index contributed by atoms with van der Waals surface area (Å²) in [6.07, 6.45) is 0. The normalized spacial score (nSPS) is 14.0. The highest BCUT2D eigenvalue weighted by Crippen LogP contribution is 2.25. The first-order valence-corrected chi connectivity index (χ1v) is 11.4. The van der Waals surface area contributed by atoms with Crippen LogP contribution in [-0.4, -0.2) is 59.3 Å². The number of hydrogen-bond acceptors (Lipinski definition) is 6.